The fraction of sp³-hybridized carbons (Fsp3) is 0.333. The molecule has 1 aliphatic rings. The second kappa shape index (κ2) is 7.33. The quantitative estimate of drug-likeness (QED) is 0.612. The number of nitrogens with one attached hydrogen (secondary N) is 1. The molecule has 7 nitrogen and oxygen atoms in total. The highest BCUT2D eigenvalue weighted by Crippen LogP contribution is 2.25. The molecular weight excluding hydrogens is 350 g/mol. The van der Waals surface area contributed by atoms with Gasteiger partial charge in [-0.1, -0.05) is 12.1 Å². The maximum atomic E-state index is 13.0. The van der Waals surface area contributed by atoms with E-state index in [9.17, 15) is 8.42 Å². The maximum Gasteiger partial charge on any atom is 0.243 e. The minimum Gasteiger partial charge on any atom is -0.370 e. The topological polar surface area (TPSA) is 103 Å². The summed E-state index contributed by atoms with van der Waals surface area (Å²) in [4.78, 5) is 6.04. The van der Waals surface area contributed by atoms with Crippen LogP contribution in [-0.2, 0) is 10.0 Å². The van der Waals surface area contributed by atoms with Gasteiger partial charge in [0.2, 0.25) is 10.0 Å². The van der Waals surface area contributed by atoms with Crippen LogP contribution in [0.4, 0.5) is 0 Å². The van der Waals surface area contributed by atoms with Crippen LogP contribution in [0.1, 0.15) is 6.42 Å². The molecule has 0 radical (unpaired) electrons. The average molecular weight is 370 g/mol. The molecule has 24 heavy (non-hydrogen) atoms. The molecule has 0 atom stereocenters. The SMILES string of the molecule is Cl.N=C(N)N1CCCN(S(=O)(=O)c2cccc3cnccc23)CC1. The Labute approximate surface area is 147 Å². The van der Waals surface area contributed by atoms with E-state index < -0.39 is 10.0 Å². The Morgan fingerprint density at radius 2 is 1.96 bits per heavy atom. The van der Waals surface area contributed by atoms with Crippen molar-refractivity contribution in [2.45, 2.75) is 11.3 Å². The van der Waals surface area contributed by atoms with Crippen LogP contribution >= 0.6 is 12.4 Å². The van der Waals surface area contributed by atoms with Crippen molar-refractivity contribution in [3.63, 3.8) is 0 Å². The van der Waals surface area contributed by atoms with Gasteiger partial charge in [0.1, 0.15) is 0 Å². The highest BCUT2D eigenvalue weighted by molar-refractivity contribution is 7.89. The van der Waals surface area contributed by atoms with E-state index in [0.29, 0.717) is 42.9 Å². The lowest BCUT2D eigenvalue weighted by Gasteiger charge is -2.22. The molecule has 130 valence electrons. The largest absolute Gasteiger partial charge is 0.370 e. The van der Waals surface area contributed by atoms with E-state index in [1.54, 1.807) is 35.5 Å². The molecule has 3 N–H and O–H groups in total. The number of pyridine rings is 1. The molecule has 1 saturated heterocycles. The van der Waals surface area contributed by atoms with Gasteiger partial charge in [-0.15, -0.1) is 12.4 Å². The van der Waals surface area contributed by atoms with Crippen molar-refractivity contribution in [3.8, 4) is 0 Å². The van der Waals surface area contributed by atoms with Crippen LogP contribution in [0.15, 0.2) is 41.6 Å². The van der Waals surface area contributed by atoms with E-state index in [0.717, 1.165) is 5.39 Å². The van der Waals surface area contributed by atoms with Gasteiger partial charge in [-0.2, -0.15) is 4.31 Å². The molecule has 1 aromatic heterocycles. The fourth-order valence-corrected chi connectivity index (χ4v) is 4.52. The Morgan fingerprint density at radius 3 is 2.71 bits per heavy atom. The Kier molecular flexibility index (Phi) is 5.63. The molecule has 2 heterocycles. The standard InChI is InChI=1S/C15H19N5O2S.ClH/c16-15(17)19-7-2-8-20(10-9-19)23(21,22)14-4-1-3-12-11-18-6-5-13(12)14;/h1,3-6,11H,2,7-10H2,(H3,16,17);1H. The van der Waals surface area contributed by atoms with E-state index >= 15 is 0 Å². The minimum atomic E-state index is -3.59. The van der Waals surface area contributed by atoms with Gasteiger partial charge in [-0.05, 0) is 18.6 Å². The third kappa shape index (κ3) is 3.45. The Hall–Kier alpha value is -1.90. The highest BCUT2D eigenvalue weighted by atomic mass is 35.5. The normalized spacial score (nSPS) is 16.4. The molecule has 0 aliphatic carbocycles. The van der Waals surface area contributed by atoms with Gasteiger partial charge in [0, 0.05) is 49.3 Å². The van der Waals surface area contributed by atoms with Crippen molar-refractivity contribution in [1.82, 2.24) is 14.2 Å². The molecule has 1 aliphatic heterocycles. The summed E-state index contributed by atoms with van der Waals surface area (Å²) in [6.45, 7) is 1.78. The lowest BCUT2D eigenvalue weighted by Crippen LogP contribution is -2.40. The number of guanidine groups is 1. The number of sulfonamides is 1. The van der Waals surface area contributed by atoms with Crippen LogP contribution in [-0.4, -0.2) is 54.7 Å². The molecule has 0 amide bonds. The fourth-order valence-electron chi connectivity index (χ4n) is 2.83. The number of nitrogens with two attached hydrogens (primary N) is 1. The second-order valence-electron chi connectivity index (χ2n) is 5.48. The Balaban J connectivity index is 0.00000208. The molecule has 0 saturated carbocycles. The van der Waals surface area contributed by atoms with Crippen LogP contribution < -0.4 is 5.73 Å². The number of nitrogens with zero attached hydrogens (tertiary/aromatic N) is 3. The number of aromatic nitrogens is 1. The van der Waals surface area contributed by atoms with Crippen LogP contribution in [0.3, 0.4) is 0 Å². The van der Waals surface area contributed by atoms with Gasteiger partial charge in [0.05, 0.1) is 4.90 Å². The van der Waals surface area contributed by atoms with Crippen LogP contribution in [0.2, 0.25) is 0 Å². The number of hydrogen-bond acceptors (Lipinski definition) is 4. The van der Waals surface area contributed by atoms with Crippen LogP contribution in [0.5, 0.6) is 0 Å². The molecule has 0 unspecified atom stereocenters. The summed E-state index contributed by atoms with van der Waals surface area (Å²) >= 11 is 0. The molecule has 0 bridgehead atoms. The van der Waals surface area contributed by atoms with E-state index in [1.165, 1.54) is 4.31 Å². The lowest BCUT2D eigenvalue weighted by molar-refractivity contribution is 0.404. The van der Waals surface area contributed by atoms with Crippen molar-refractivity contribution in [2.24, 2.45) is 5.73 Å². The lowest BCUT2D eigenvalue weighted by atomic mass is 10.2. The summed E-state index contributed by atoms with van der Waals surface area (Å²) in [5, 5.41) is 8.98. The molecule has 1 aromatic carbocycles. The smallest absolute Gasteiger partial charge is 0.243 e. The van der Waals surface area contributed by atoms with Gasteiger partial charge in [-0.3, -0.25) is 10.4 Å². The third-order valence-corrected chi connectivity index (χ3v) is 6.01. The maximum absolute atomic E-state index is 13.0. The highest BCUT2D eigenvalue weighted by Gasteiger charge is 2.28. The summed E-state index contributed by atoms with van der Waals surface area (Å²) < 4.78 is 27.5. The number of fused-ring (bicyclic) bond motifs is 1. The zero-order valence-electron chi connectivity index (χ0n) is 13.1. The summed E-state index contributed by atoms with van der Waals surface area (Å²) in [6, 6.07) is 6.94. The predicted molar refractivity (Wildman–Crippen MR) is 95.9 cm³/mol. The molecule has 1 fully saturated rings. The number of benzene rings is 1. The Morgan fingerprint density at radius 1 is 1.17 bits per heavy atom. The van der Waals surface area contributed by atoms with Gasteiger partial charge in [0.15, 0.2) is 5.96 Å². The summed E-state index contributed by atoms with van der Waals surface area (Å²) in [5.74, 6) is -0.0134. The summed E-state index contributed by atoms with van der Waals surface area (Å²) in [7, 11) is -3.59. The van der Waals surface area contributed by atoms with Gasteiger partial charge in [0.25, 0.3) is 0 Å². The van der Waals surface area contributed by atoms with Crippen LogP contribution in [0, 0.1) is 5.41 Å². The van der Waals surface area contributed by atoms with Gasteiger partial charge in [-0.25, -0.2) is 8.42 Å². The number of halogens is 1. The second-order valence-corrected chi connectivity index (χ2v) is 7.39. The first-order chi connectivity index (χ1) is 11.0. The van der Waals surface area contributed by atoms with Crippen molar-refractivity contribution < 1.29 is 8.42 Å². The summed E-state index contributed by atoms with van der Waals surface area (Å²) in [6.07, 6.45) is 3.90. The third-order valence-electron chi connectivity index (χ3n) is 4.05. The van der Waals surface area contributed by atoms with Crippen molar-refractivity contribution in [1.29, 1.82) is 5.41 Å². The van der Waals surface area contributed by atoms with Gasteiger partial charge < -0.3 is 10.6 Å². The first kappa shape index (κ1) is 18.4. The Bertz CT molecular complexity index is 837. The predicted octanol–water partition coefficient (Wildman–Crippen LogP) is 1.25. The monoisotopic (exact) mass is 369 g/mol. The van der Waals surface area contributed by atoms with Gasteiger partial charge >= 0.3 is 0 Å². The van der Waals surface area contributed by atoms with Crippen LogP contribution in [0.25, 0.3) is 10.8 Å². The molecular formula is C15H20ClN5O2S. The summed E-state index contributed by atoms with van der Waals surface area (Å²) in [5.41, 5.74) is 5.51. The molecule has 3 rings (SSSR count). The molecule has 2 aromatic rings. The number of rotatable bonds is 2. The molecule has 9 heteroatoms. The molecule has 0 spiro atoms. The number of hydrogen-bond donors (Lipinski definition) is 2. The zero-order valence-corrected chi connectivity index (χ0v) is 14.7. The minimum absolute atomic E-state index is 0. The van der Waals surface area contributed by atoms with E-state index in [4.69, 9.17) is 11.1 Å². The van der Waals surface area contributed by atoms with Crippen molar-refractivity contribution >= 4 is 39.2 Å². The van der Waals surface area contributed by atoms with E-state index in [2.05, 4.69) is 4.98 Å². The first-order valence-corrected chi connectivity index (χ1v) is 8.86. The average Bonchev–Trinajstić information content (AvgIpc) is 2.81. The van der Waals surface area contributed by atoms with Crippen molar-refractivity contribution in [3.05, 3.63) is 36.7 Å². The van der Waals surface area contributed by atoms with E-state index in [1.807, 2.05) is 6.07 Å². The van der Waals surface area contributed by atoms with Crippen molar-refractivity contribution in [2.75, 3.05) is 26.2 Å². The van der Waals surface area contributed by atoms with E-state index in [-0.39, 0.29) is 18.4 Å². The zero-order chi connectivity index (χ0) is 16.4. The first-order valence-electron chi connectivity index (χ1n) is 7.42.